The van der Waals surface area contributed by atoms with E-state index in [0.29, 0.717) is 30.2 Å². The van der Waals surface area contributed by atoms with E-state index in [9.17, 15) is 9.59 Å². The molecule has 1 aromatic heterocycles. The molecule has 152 valence electrons. The molecule has 6 nitrogen and oxygen atoms in total. The summed E-state index contributed by atoms with van der Waals surface area (Å²) in [6.07, 6.45) is 7.51. The van der Waals surface area contributed by atoms with Crippen LogP contribution in [-0.2, 0) is 0 Å². The molecule has 0 radical (unpaired) electrons. The molecule has 2 aliphatic heterocycles. The van der Waals surface area contributed by atoms with E-state index in [2.05, 4.69) is 4.98 Å². The fraction of sp³-hybridized carbons (Fsp3) is 0.435. The average Bonchev–Trinajstić information content (AvgIpc) is 3.33. The van der Waals surface area contributed by atoms with Gasteiger partial charge < -0.3 is 14.5 Å². The van der Waals surface area contributed by atoms with Crippen molar-refractivity contribution in [3.63, 3.8) is 0 Å². The number of likely N-dealkylation sites (tertiary alicyclic amines) is 2. The van der Waals surface area contributed by atoms with Crippen LogP contribution in [0.5, 0.6) is 5.75 Å². The molecule has 29 heavy (non-hydrogen) atoms. The largest absolute Gasteiger partial charge is 0.493 e. The van der Waals surface area contributed by atoms with Gasteiger partial charge in [0.25, 0.3) is 11.8 Å². The average molecular weight is 393 g/mol. The van der Waals surface area contributed by atoms with Crippen LogP contribution in [0.4, 0.5) is 0 Å². The topological polar surface area (TPSA) is 62.7 Å². The van der Waals surface area contributed by atoms with Crippen molar-refractivity contribution in [3.8, 4) is 5.75 Å². The van der Waals surface area contributed by atoms with Gasteiger partial charge in [-0.15, -0.1) is 0 Å². The maximum absolute atomic E-state index is 12.7. The molecule has 0 aliphatic carbocycles. The van der Waals surface area contributed by atoms with Gasteiger partial charge in [-0.05, 0) is 62.1 Å². The van der Waals surface area contributed by atoms with E-state index in [4.69, 9.17) is 4.74 Å². The number of hydrogen-bond acceptors (Lipinski definition) is 4. The normalized spacial score (nSPS) is 19.2. The zero-order chi connectivity index (χ0) is 20.1. The van der Waals surface area contributed by atoms with Gasteiger partial charge in [0.2, 0.25) is 0 Å². The molecule has 2 amide bonds. The van der Waals surface area contributed by atoms with Gasteiger partial charge in [0.15, 0.2) is 0 Å². The fourth-order valence-electron chi connectivity index (χ4n) is 4.07. The van der Waals surface area contributed by atoms with Crippen molar-refractivity contribution in [2.75, 3.05) is 32.8 Å². The minimum atomic E-state index is 0.0573. The highest BCUT2D eigenvalue weighted by molar-refractivity contribution is 5.94. The molecule has 6 heteroatoms. The molecule has 4 rings (SSSR count). The molecule has 1 aromatic carbocycles. The summed E-state index contributed by atoms with van der Waals surface area (Å²) < 4.78 is 5.97. The predicted molar refractivity (Wildman–Crippen MR) is 110 cm³/mol. The number of amides is 2. The second kappa shape index (κ2) is 9.07. The Bertz CT molecular complexity index is 832. The number of hydrogen-bond donors (Lipinski definition) is 0. The van der Waals surface area contributed by atoms with Crippen LogP contribution in [0.1, 0.15) is 46.4 Å². The van der Waals surface area contributed by atoms with Gasteiger partial charge in [0.1, 0.15) is 5.75 Å². The molecular weight excluding hydrogens is 366 g/mol. The van der Waals surface area contributed by atoms with Crippen LogP contribution in [0, 0.1) is 5.92 Å². The van der Waals surface area contributed by atoms with Crippen LogP contribution in [0.25, 0.3) is 0 Å². The number of benzene rings is 1. The van der Waals surface area contributed by atoms with Crippen LogP contribution in [0.15, 0.2) is 48.8 Å². The zero-order valence-corrected chi connectivity index (χ0v) is 16.6. The lowest BCUT2D eigenvalue weighted by molar-refractivity contribution is 0.0633. The van der Waals surface area contributed by atoms with Crippen molar-refractivity contribution < 1.29 is 14.3 Å². The van der Waals surface area contributed by atoms with Gasteiger partial charge in [-0.3, -0.25) is 14.6 Å². The lowest BCUT2D eigenvalue weighted by atomic mass is 9.98. The highest BCUT2D eigenvalue weighted by Crippen LogP contribution is 2.21. The van der Waals surface area contributed by atoms with Gasteiger partial charge in [0.05, 0.1) is 6.61 Å². The van der Waals surface area contributed by atoms with Crippen molar-refractivity contribution in [2.45, 2.75) is 25.7 Å². The maximum Gasteiger partial charge on any atom is 0.253 e. The lowest BCUT2D eigenvalue weighted by Crippen LogP contribution is -2.41. The Balaban J connectivity index is 1.29. The SMILES string of the molecule is O=C(c1ccc(OC[C@H]2CCCN(C(=O)c3ccncc3)C2)cc1)N1CCCC1. The summed E-state index contributed by atoms with van der Waals surface area (Å²) in [7, 11) is 0. The fourth-order valence-corrected chi connectivity index (χ4v) is 4.07. The Morgan fingerprint density at radius 3 is 2.21 bits per heavy atom. The minimum Gasteiger partial charge on any atom is -0.493 e. The zero-order valence-electron chi connectivity index (χ0n) is 16.6. The first-order chi connectivity index (χ1) is 14.2. The highest BCUT2D eigenvalue weighted by atomic mass is 16.5. The Hall–Kier alpha value is -2.89. The molecule has 0 spiro atoms. The molecule has 0 saturated carbocycles. The van der Waals surface area contributed by atoms with E-state index in [-0.39, 0.29) is 11.8 Å². The predicted octanol–water partition coefficient (Wildman–Crippen LogP) is 3.25. The second-order valence-electron chi connectivity index (χ2n) is 7.83. The first-order valence-corrected chi connectivity index (χ1v) is 10.4. The van der Waals surface area contributed by atoms with Gasteiger partial charge in [0, 0.05) is 55.6 Å². The molecule has 0 bridgehead atoms. The van der Waals surface area contributed by atoms with Crippen LogP contribution in [-0.4, -0.2) is 59.4 Å². The Morgan fingerprint density at radius 2 is 1.48 bits per heavy atom. The number of rotatable bonds is 5. The van der Waals surface area contributed by atoms with Gasteiger partial charge in [-0.25, -0.2) is 0 Å². The first kappa shape index (κ1) is 19.4. The van der Waals surface area contributed by atoms with Crippen molar-refractivity contribution in [1.82, 2.24) is 14.8 Å². The Morgan fingerprint density at radius 1 is 0.862 bits per heavy atom. The molecule has 0 unspecified atom stereocenters. The number of piperidine rings is 1. The summed E-state index contributed by atoms with van der Waals surface area (Å²) in [6, 6.07) is 10.9. The summed E-state index contributed by atoms with van der Waals surface area (Å²) in [6.45, 7) is 3.76. The molecular formula is C23H27N3O3. The van der Waals surface area contributed by atoms with Gasteiger partial charge >= 0.3 is 0 Å². The van der Waals surface area contributed by atoms with Gasteiger partial charge in [-0.1, -0.05) is 0 Å². The summed E-state index contributed by atoms with van der Waals surface area (Å²) >= 11 is 0. The van der Waals surface area contributed by atoms with Crippen LogP contribution in [0.3, 0.4) is 0 Å². The quantitative estimate of drug-likeness (QED) is 0.782. The molecule has 3 heterocycles. The van der Waals surface area contributed by atoms with Crippen molar-refractivity contribution in [3.05, 3.63) is 59.9 Å². The van der Waals surface area contributed by atoms with Crippen molar-refractivity contribution >= 4 is 11.8 Å². The first-order valence-electron chi connectivity index (χ1n) is 10.4. The molecule has 2 aliphatic rings. The number of aromatic nitrogens is 1. The number of carbonyl (C=O) groups is 2. The Kier molecular flexibility index (Phi) is 6.08. The number of nitrogens with zero attached hydrogens (tertiary/aromatic N) is 3. The van der Waals surface area contributed by atoms with E-state index < -0.39 is 0 Å². The monoisotopic (exact) mass is 393 g/mol. The third-order valence-corrected chi connectivity index (χ3v) is 5.71. The van der Waals surface area contributed by atoms with E-state index in [0.717, 1.165) is 51.1 Å². The molecule has 0 N–H and O–H groups in total. The number of ether oxygens (including phenoxy) is 1. The molecule has 2 saturated heterocycles. The third kappa shape index (κ3) is 4.75. The van der Waals surface area contributed by atoms with Crippen LogP contribution < -0.4 is 4.74 Å². The van der Waals surface area contributed by atoms with E-state index in [1.165, 1.54) is 0 Å². The third-order valence-electron chi connectivity index (χ3n) is 5.71. The summed E-state index contributed by atoms with van der Waals surface area (Å²) in [5, 5.41) is 0. The van der Waals surface area contributed by atoms with Crippen LogP contribution in [0.2, 0.25) is 0 Å². The Labute approximate surface area is 171 Å². The standard InChI is InChI=1S/C23H27N3O3/c27-22(25-13-1-2-14-25)19-5-7-21(8-6-19)29-17-18-4-3-15-26(16-18)23(28)20-9-11-24-12-10-20/h5-12,18H,1-4,13-17H2/t18-/m0/s1. The van der Waals surface area contributed by atoms with Gasteiger partial charge in [-0.2, -0.15) is 0 Å². The van der Waals surface area contributed by atoms with Crippen molar-refractivity contribution in [1.29, 1.82) is 0 Å². The summed E-state index contributed by atoms with van der Waals surface area (Å²) in [4.78, 5) is 32.9. The molecule has 2 fully saturated rings. The second-order valence-corrected chi connectivity index (χ2v) is 7.83. The highest BCUT2D eigenvalue weighted by Gasteiger charge is 2.25. The van der Waals surface area contributed by atoms with E-state index in [1.54, 1.807) is 24.5 Å². The molecule has 1 atom stereocenters. The molecule has 2 aromatic rings. The maximum atomic E-state index is 12.7. The smallest absolute Gasteiger partial charge is 0.253 e. The number of pyridine rings is 1. The minimum absolute atomic E-state index is 0.0573. The van der Waals surface area contributed by atoms with Crippen molar-refractivity contribution in [2.24, 2.45) is 5.92 Å². The summed E-state index contributed by atoms with van der Waals surface area (Å²) in [5.74, 6) is 1.23. The lowest BCUT2D eigenvalue weighted by Gasteiger charge is -2.32. The van der Waals surface area contributed by atoms with E-state index >= 15 is 0 Å². The van der Waals surface area contributed by atoms with E-state index in [1.807, 2.05) is 34.1 Å². The van der Waals surface area contributed by atoms with Crippen LogP contribution >= 0.6 is 0 Å². The number of carbonyl (C=O) groups excluding carboxylic acids is 2. The summed E-state index contributed by atoms with van der Waals surface area (Å²) in [5.41, 5.74) is 1.39.